The fourth-order valence-corrected chi connectivity index (χ4v) is 12.7. The van der Waals surface area contributed by atoms with E-state index in [9.17, 15) is 14.4 Å². The average molecular weight is 1280 g/mol. The van der Waals surface area contributed by atoms with Crippen LogP contribution >= 0.6 is 0 Å². The number of carbonyl (C=O) groups excluding carboxylic acids is 3. The Morgan fingerprint density at radius 2 is 1.27 bits per heavy atom. The topological polar surface area (TPSA) is 265 Å². The molecule has 0 bridgehead atoms. The molecular weight excluding hydrogens is 1180 g/mol. The molecule has 2 aromatic carbocycles. The van der Waals surface area contributed by atoms with Gasteiger partial charge in [-0.15, -0.1) is 0 Å². The normalized spacial score (nSPS) is 15.8. The Kier molecular flexibility index (Phi) is 24.0. The maximum absolute atomic E-state index is 13.1. The number of pyridine rings is 2. The molecule has 12 rings (SSSR count). The molecule has 8 N–H and O–H groups in total. The summed E-state index contributed by atoms with van der Waals surface area (Å²) < 4.78 is 13.8. The van der Waals surface area contributed by atoms with Gasteiger partial charge in [0.05, 0.1) is 30.0 Å². The van der Waals surface area contributed by atoms with Crippen LogP contribution < -0.4 is 21.7 Å². The molecule has 20 heteroatoms. The summed E-state index contributed by atoms with van der Waals surface area (Å²) in [4.78, 5) is 64.9. The largest absolute Gasteiger partial charge is 0.444 e. The molecule has 0 radical (unpaired) electrons. The monoisotopic (exact) mass is 1280 g/mol. The number of carbonyl (C=O) groups is 3. The number of aromatic nitrogens is 10. The summed E-state index contributed by atoms with van der Waals surface area (Å²) in [6.45, 7) is 19.2. The summed E-state index contributed by atoms with van der Waals surface area (Å²) in [6.07, 6.45) is 37.9. The summed E-state index contributed by atoms with van der Waals surface area (Å²) in [7, 11) is 0. The van der Waals surface area contributed by atoms with Crippen molar-refractivity contribution in [3.8, 4) is 45.3 Å². The molecule has 20 nitrogen and oxygen atoms in total. The van der Waals surface area contributed by atoms with Crippen molar-refractivity contribution in [2.75, 3.05) is 39.3 Å². The van der Waals surface area contributed by atoms with E-state index in [1.165, 1.54) is 73.6 Å². The van der Waals surface area contributed by atoms with E-state index in [2.05, 4.69) is 125 Å². The van der Waals surface area contributed by atoms with Crippen LogP contribution in [0.4, 0.5) is 4.79 Å². The van der Waals surface area contributed by atoms with Gasteiger partial charge in [-0.05, 0) is 228 Å². The number of nitrogens with zero attached hydrogens (tertiary/aromatic N) is 8. The third kappa shape index (κ3) is 17.8. The number of rotatable bonds is 21. The molecular formula is C74H97N15O5. The van der Waals surface area contributed by atoms with Crippen LogP contribution in [0.2, 0.25) is 0 Å². The number of nitrogens with one attached hydrogen (secondary N) is 6. The van der Waals surface area contributed by atoms with Gasteiger partial charge in [-0.1, -0.05) is 54.0 Å². The Morgan fingerprint density at radius 3 is 1.82 bits per heavy atom. The first-order valence-electron chi connectivity index (χ1n) is 34.3. The van der Waals surface area contributed by atoms with Crippen molar-refractivity contribution < 1.29 is 23.9 Å². The lowest BCUT2D eigenvalue weighted by Crippen LogP contribution is -2.36. The molecule has 1 aliphatic heterocycles. The molecule has 7 heterocycles. The zero-order chi connectivity index (χ0) is 66.0. The number of amides is 3. The number of ether oxygens (including phenoxy) is 2. The minimum atomic E-state index is -0.578. The second kappa shape index (κ2) is 33.0. The van der Waals surface area contributed by atoms with E-state index in [-0.39, 0.29) is 24.1 Å². The number of allylic oxidation sites excluding steroid dienone is 3. The number of aromatic amines is 3. The third-order valence-corrected chi connectivity index (χ3v) is 18.1. The molecule has 6 aromatic heterocycles. The van der Waals surface area contributed by atoms with E-state index in [1.807, 2.05) is 63.2 Å². The van der Waals surface area contributed by atoms with E-state index in [4.69, 9.17) is 20.3 Å². The highest BCUT2D eigenvalue weighted by Gasteiger charge is 2.27. The quantitative estimate of drug-likeness (QED) is 0.0331. The number of H-pyrrole nitrogens is 3. The Balaban J connectivity index is 0.000000187. The number of fused-ring (bicyclic) bond motifs is 2. The van der Waals surface area contributed by atoms with Gasteiger partial charge >= 0.3 is 6.09 Å². The SMILES string of the molecule is CCN(Cc1cncc(-c2ccc3c(c2)c(-c2ncc(C(=O)NCCC4=CCCCC4)[nH]2)nn3C2CCCCO2)c1C)C(=O)OC(C)(C)C.CCNCc1cncc(-c2ccc3[nH]nc(-c4ncc(C(=O)NCCC5=CCCCC5)[nH]4)c3c2)c1C.NCCC1=CCCCC1. The van der Waals surface area contributed by atoms with Gasteiger partial charge in [-0.2, -0.15) is 10.2 Å². The average Bonchev–Trinajstić information content (AvgIpc) is 1.59. The first kappa shape index (κ1) is 68.3. The lowest BCUT2D eigenvalue weighted by atomic mass is 9.97. The maximum atomic E-state index is 13.1. The van der Waals surface area contributed by atoms with Crippen LogP contribution in [0.25, 0.3) is 67.1 Å². The van der Waals surface area contributed by atoms with E-state index >= 15 is 0 Å². The molecule has 94 heavy (non-hydrogen) atoms. The predicted octanol–water partition coefficient (Wildman–Crippen LogP) is 14.8. The standard InChI is InChI=1S/C38H49N7O4.C28H33N7O.C8H15N/c1-6-44(37(47)49-38(3,4)5)24-28-21-39-22-30(25(28)2)27-15-16-32-29(20-27)34(43-45(32)33-14-10-11-19-48-33)35-41-23-31(42-35)36(46)40-18-17-26-12-8-7-9-13-26;1-3-29-14-21-15-30-16-23(18(21)2)20-9-10-24-22(13-20)26(35-34-24)27-32-17-25(33-27)28(36)31-12-11-19-7-5-4-6-8-19;9-7-6-8-4-2-1-3-5-8/h12,15-16,20-23,33H,6-11,13-14,17-19,24H2,1-5H3,(H,40,46)(H,41,42);7,9-10,13,15-17,29H,3-6,8,11-12,14H2,1-2H3,(H,31,36)(H,32,33)(H,34,35);4H,1-3,5-7,9H2. The Labute approximate surface area is 553 Å². The van der Waals surface area contributed by atoms with Crippen molar-refractivity contribution in [3.63, 3.8) is 0 Å². The summed E-state index contributed by atoms with van der Waals surface area (Å²) in [5, 5.41) is 23.9. The number of imidazole rings is 2. The smallest absolute Gasteiger partial charge is 0.410 e. The highest BCUT2D eigenvalue weighted by Crippen LogP contribution is 2.37. The molecule has 1 unspecified atom stereocenters. The van der Waals surface area contributed by atoms with Gasteiger partial charge in [0.25, 0.3) is 11.8 Å². The van der Waals surface area contributed by atoms with Gasteiger partial charge in [0.15, 0.2) is 17.9 Å². The minimum absolute atomic E-state index is 0.148. The van der Waals surface area contributed by atoms with Crippen LogP contribution in [-0.2, 0) is 22.6 Å². The fourth-order valence-electron chi connectivity index (χ4n) is 12.7. The number of hydrogen-bond acceptors (Lipinski definition) is 13. The van der Waals surface area contributed by atoms with Gasteiger partial charge in [-0.3, -0.25) is 24.7 Å². The first-order chi connectivity index (χ1) is 45.7. The van der Waals surface area contributed by atoms with Gasteiger partial charge in [0, 0.05) is 79.5 Å². The molecule has 8 aromatic rings. The lowest BCUT2D eigenvalue weighted by Gasteiger charge is -2.27. The van der Waals surface area contributed by atoms with Gasteiger partial charge in [0.2, 0.25) is 0 Å². The third-order valence-electron chi connectivity index (χ3n) is 18.1. The van der Waals surface area contributed by atoms with Crippen molar-refractivity contribution in [2.24, 2.45) is 5.73 Å². The van der Waals surface area contributed by atoms with Crippen molar-refractivity contribution in [3.05, 3.63) is 142 Å². The van der Waals surface area contributed by atoms with E-state index < -0.39 is 5.60 Å². The Hall–Kier alpha value is -8.59. The number of nitrogens with two attached hydrogens (primary N) is 1. The molecule has 3 aliphatic carbocycles. The zero-order valence-electron chi connectivity index (χ0n) is 56.3. The molecule has 4 aliphatic rings. The van der Waals surface area contributed by atoms with Crippen LogP contribution in [0.15, 0.2) is 109 Å². The maximum Gasteiger partial charge on any atom is 0.410 e. The second-order valence-electron chi connectivity index (χ2n) is 26.1. The van der Waals surface area contributed by atoms with Gasteiger partial charge in [-0.25, -0.2) is 19.4 Å². The molecule has 1 saturated heterocycles. The van der Waals surface area contributed by atoms with Crippen LogP contribution in [0.3, 0.4) is 0 Å². The van der Waals surface area contributed by atoms with Crippen LogP contribution in [0.1, 0.15) is 200 Å². The molecule has 3 amide bonds. The van der Waals surface area contributed by atoms with Crippen LogP contribution in [0, 0.1) is 13.8 Å². The van der Waals surface area contributed by atoms with Gasteiger partial charge < -0.3 is 46.0 Å². The molecule has 1 fully saturated rings. The van der Waals surface area contributed by atoms with Gasteiger partial charge in [0.1, 0.15) is 28.4 Å². The predicted molar refractivity (Wildman–Crippen MR) is 373 cm³/mol. The molecule has 1 atom stereocenters. The minimum Gasteiger partial charge on any atom is -0.444 e. The highest BCUT2D eigenvalue weighted by atomic mass is 16.6. The van der Waals surface area contributed by atoms with Crippen molar-refractivity contribution in [2.45, 2.75) is 189 Å². The van der Waals surface area contributed by atoms with Crippen LogP contribution in [0.5, 0.6) is 0 Å². The summed E-state index contributed by atoms with van der Waals surface area (Å²) >= 11 is 0. The highest BCUT2D eigenvalue weighted by molar-refractivity contribution is 5.98. The van der Waals surface area contributed by atoms with Crippen molar-refractivity contribution in [1.29, 1.82) is 0 Å². The number of benzene rings is 2. The molecule has 0 saturated carbocycles. The summed E-state index contributed by atoms with van der Waals surface area (Å²) in [6, 6.07) is 12.5. The lowest BCUT2D eigenvalue weighted by molar-refractivity contribution is -0.0365. The first-order valence-corrected chi connectivity index (χ1v) is 34.3. The van der Waals surface area contributed by atoms with Crippen molar-refractivity contribution >= 4 is 39.7 Å². The van der Waals surface area contributed by atoms with E-state index in [0.717, 1.165) is 139 Å². The van der Waals surface area contributed by atoms with Crippen molar-refractivity contribution in [1.82, 2.24) is 70.7 Å². The van der Waals surface area contributed by atoms with Crippen LogP contribution in [-0.4, -0.2) is 118 Å². The van der Waals surface area contributed by atoms with E-state index in [1.54, 1.807) is 22.9 Å². The fraction of sp³-hybridized carbons (Fsp3) is 0.473. The Bertz CT molecular complexity index is 3960. The summed E-state index contributed by atoms with van der Waals surface area (Å²) in [5.41, 5.74) is 21.8. The molecule has 498 valence electrons. The summed E-state index contributed by atoms with van der Waals surface area (Å²) in [5.74, 6) is 0.761. The zero-order valence-corrected chi connectivity index (χ0v) is 56.3. The number of hydrogen-bond donors (Lipinski definition) is 7. The Morgan fingerprint density at radius 1 is 0.691 bits per heavy atom. The molecule has 0 spiro atoms. The second-order valence-corrected chi connectivity index (χ2v) is 26.1. The van der Waals surface area contributed by atoms with E-state index in [0.29, 0.717) is 67.2 Å².